The first-order chi connectivity index (χ1) is 9.16. The first-order valence-corrected chi connectivity index (χ1v) is 7.79. The molecule has 0 aliphatic carbocycles. The molecule has 0 radical (unpaired) electrons. The molecule has 1 aliphatic rings. The molecular weight excluding hydrogens is 258 g/mol. The molecule has 1 saturated heterocycles. The van der Waals surface area contributed by atoms with Crippen molar-refractivity contribution in [1.29, 1.82) is 0 Å². The van der Waals surface area contributed by atoms with E-state index >= 15 is 0 Å². The van der Waals surface area contributed by atoms with Gasteiger partial charge in [0.15, 0.2) is 0 Å². The Balaban J connectivity index is 1.83. The van der Waals surface area contributed by atoms with Crippen molar-refractivity contribution in [2.75, 3.05) is 18.8 Å². The molecule has 0 saturated carbocycles. The first kappa shape index (κ1) is 14.4. The van der Waals surface area contributed by atoms with Gasteiger partial charge in [0.1, 0.15) is 0 Å². The quantitative estimate of drug-likeness (QED) is 0.860. The maximum atomic E-state index is 12.2. The molecule has 1 aliphatic heterocycles. The van der Waals surface area contributed by atoms with Crippen molar-refractivity contribution in [3.8, 4) is 0 Å². The maximum absolute atomic E-state index is 12.2. The number of carbonyl (C=O) groups is 1. The Kier molecular flexibility index (Phi) is 5.28. The van der Waals surface area contributed by atoms with E-state index in [2.05, 4.69) is 0 Å². The minimum absolute atomic E-state index is 0.180. The zero-order chi connectivity index (χ0) is 13.7. The zero-order valence-electron chi connectivity index (χ0n) is 11.3. The minimum Gasteiger partial charge on any atom is -0.393 e. The Morgan fingerprint density at radius 1 is 1.47 bits per heavy atom. The number of nitrogens with zero attached hydrogens (tertiary/aromatic N) is 1. The van der Waals surface area contributed by atoms with Gasteiger partial charge < -0.3 is 10.0 Å². The van der Waals surface area contributed by atoms with E-state index in [1.165, 1.54) is 0 Å². The molecule has 1 fully saturated rings. The lowest BCUT2D eigenvalue weighted by molar-refractivity contribution is -0.130. The number of hydrogen-bond donors (Lipinski definition) is 1. The highest BCUT2D eigenvalue weighted by molar-refractivity contribution is 8.00. The second kappa shape index (κ2) is 6.96. The smallest absolute Gasteiger partial charge is 0.232 e. The van der Waals surface area contributed by atoms with Crippen LogP contribution in [0.2, 0.25) is 0 Å². The largest absolute Gasteiger partial charge is 0.393 e. The number of hydrogen-bond acceptors (Lipinski definition) is 3. The number of aliphatic hydroxyl groups excluding tert-OH is 1. The van der Waals surface area contributed by atoms with E-state index in [1.807, 2.05) is 42.2 Å². The fourth-order valence-electron chi connectivity index (χ4n) is 2.38. The van der Waals surface area contributed by atoms with Crippen LogP contribution < -0.4 is 0 Å². The summed E-state index contributed by atoms with van der Waals surface area (Å²) in [6.45, 7) is 3.35. The van der Waals surface area contributed by atoms with Crippen LogP contribution in [0.25, 0.3) is 0 Å². The molecule has 2 rings (SSSR count). The van der Waals surface area contributed by atoms with Crippen LogP contribution in [0.15, 0.2) is 35.2 Å². The molecule has 0 spiro atoms. The van der Waals surface area contributed by atoms with Gasteiger partial charge in [0, 0.05) is 23.9 Å². The van der Waals surface area contributed by atoms with Gasteiger partial charge in [0.2, 0.25) is 5.91 Å². The van der Waals surface area contributed by atoms with Gasteiger partial charge in [-0.2, -0.15) is 0 Å². The van der Waals surface area contributed by atoms with E-state index in [0.29, 0.717) is 12.3 Å². The van der Waals surface area contributed by atoms with Gasteiger partial charge in [-0.05, 0) is 31.9 Å². The number of rotatable bonds is 4. The number of piperidine rings is 1. The molecule has 2 atom stereocenters. The van der Waals surface area contributed by atoms with Crippen LogP contribution in [0.3, 0.4) is 0 Å². The van der Waals surface area contributed by atoms with Crippen LogP contribution in [-0.2, 0) is 4.79 Å². The fraction of sp³-hybridized carbons (Fsp3) is 0.533. The van der Waals surface area contributed by atoms with Crippen molar-refractivity contribution < 1.29 is 9.90 Å². The van der Waals surface area contributed by atoms with Crippen LogP contribution in [-0.4, -0.2) is 40.9 Å². The number of amides is 1. The van der Waals surface area contributed by atoms with Crippen molar-refractivity contribution in [2.45, 2.75) is 30.8 Å². The van der Waals surface area contributed by atoms with Crippen molar-refractivity contribution in [2.24, 2.45) is 5.92 Å². The lowest BCUT2D eigenvalue weighted by Crippen LogP contribution is -2.43. The summed E-state index contributed by atoms with van der Waals surface area (Å²) in [7, 11) is 0. The predicted octanol–water partition coefficient (Wildman–Crippen LogP) is 2.40. The highest BCUT2D eigenvalue weighted by Gasteiger charge is 2.26. The molecular formula is C15H21NO2S. The standard InChI is InChI=1S/C15H21NO2S/c1-12(17)13-6-5-9-16(10-13)15(18)11-19-14-7-3-2-4-8-14/h2-4,7-8,12-13,17H,5-6,9-11H2,1H3. The topological polar surface area (TPSA) is 40.5 Å². The lowest BCUT2D eigenvalue weighted by Gasteiger charge is -2.34. The van der Waals surface area contributed by atoms with Crippen molar-refractivity contribution in [1.82, 2.24) is 4.90 Å². The molecule has 0 bridgehead atoms. The Bertz CT molecular complexity index is 408. The fourth-order valence-corrected chi connectivity index (χ4v) is 3.21. The second-order valence-electron chi connectivity index (χ2n) is 5.08. The van der Waals surface area contributed by atoms with Crippen molar-refractivity contribution in [3.63, 3.8) is 0 Å². The summed E-state index contributed by atoms with van der Waals surface area (Å²) in [5.41, 5.74) is 0. The molecule has 1 amide bonds. The normalized spacial score (nSPS) is 21.2. The van der Waals surface area contributed by atoms with Crippen molar-refractivity contribution in [3.05, 3.63) is 30.3 Å². The summed E-state index contributed by atoms with van der Waals surface area (Å²) in [5, 5.41) is 9.64. The van der Waals surface area contributed by atoms with E-state index in [1.54, 1.807) is 11.8 Å². The lowest BCUT2D eigenvalue weighted by atomic mass is 9.93. The molecule has 1 aromatic rings. The molecule has 104 valence electrons. The third-order valence-corrected chi connectivity index (χ3v) is 4.60. The average molecular weight is 279 g/mol. The molecule has 3 nitrogen and oxygen atoms in total. The summed E-state index contributed by atoms with van der Waals surface area (Å²) in [6.07, 6.45) is 1.70. The van der Waals surface area contributed by atoms with Gasteiger partial charge in [-0.25, -0.2) is 0 Å². The zero-order valence-corrected chi connectivity index (χ0v) is 12.1. The Morgan fingerprint density at radius 3 is 2.89 bits per heavy atom. The molecule has 19 heavy (non-hydrogen) atoms. The third kappa shape index (κ3) is 4.25. The molecule has 1 heterocycles. The van der Waals surface area contributed by atoms with Gasteiger partial charge in [-0.15, -0.1) is 11.8 Å². The van der Waals surface area contributed by atoms with Gasteiger partial charge in [-0.3, -0.25) is 4.79 Å². The van der Waals surface area contributed by atoms with Gasteiger partial charge in [-0.1, -0.05) is 18.2 Å². The highest BCUT2D eigenvalue weighted by atomic mass is 32.2. The van der Waals surface area contributed by atoms with Gasteiger partial charge >= 0.3 is 0 Å². The second-order valence-corrected chi connectivity index (χ2v) is 6.13. The summed E-state index contributed by atoms with van der Waals surface area (Å²) < 4.78 is 0. The van der Waals surface area contributed by atoms with E-state index in [0.717, 1.165) is 24.3 Å². The summed E-state index contributed by atoms with van der Waals surface area (Å²) >= 11 is 1.58. The SMILES string of the molecule is CC(O)C1CCCN(C(=O)CSc2ccccc2)C1. The minimum atomic E-state index is -0.322. The molecule has 4 heteroatoms. The highest BCUT2D eigenvalue weighted by Crippen LogP contribution is 2.22. The van der Waals surface area contributed by atoms with Crippen LogP contribution in [0.5, 0.6) is 0 Å². The van der Waals surface area contributed by atoms with E-state index in [-0.39, 0.29) is 17.9 Å². The molecule has 0 aromatic heterocycles. The predicted molar refractivity (Wildman–Crippen MR) is 78.2 cm³/mol. The van der Waals surface area contributed by atoms with Gasteiger partial charge in [0.05, 0.1) is 11.9 Å². The van der Waals surface area contributed by atoms with E-state index in [9.17, 15) is 9.90 Å². The van der Waals surface area contributed by atoms with E-state index in [4.69, 9.17) is 0 Å². The maximum Gasteiger partial charge on any atom is 0.232 e. The summed E-state index contributed by atoms with van der Waals surface area (Å²) in [5.74, 6) is 0.898. The Hall–Kier alpha value is -1.00. The van der Waals surface area contributed by atoms with Crippen molar-refractivity contribution >= 4 is 17.7 Å². The summed E-state index contributed by atoms with van der Waals surface area (Å²) in [4.78, 5) is 15.2. The van der Waals surface area contributed by atoms with E-state index < -0.39 is 0 Å². The monoisotopic (exact) mass is 279 g/mol. The Labute approximate surface area is 119 Å². The summed E-state index contributed by atoms with van der Waals surface area (Å²) in [6, 6.07) is 9.98. The van der Waals surface area contributed by atoms with Crippen LogP contribution in [0.1, 0.15) is 19.8 Å². The molecule has 2 unspecified atom stereocenters. The Morgan fingerprint density at radius 2 is 2.21 bits per heavy atom. The molecule has 1 N–H and O–H groups in total. The number of likely N-dealkylation sites (tertiary alicyclic amines) is 1. The van der Waals surface area contributed by atoms with Crippen LogP contribution in [0, 0.1) is 5.92 Å². The van der Waals surface area contributed by atoms with Crippen LogP contribution in [0.4, 0.5) is 0 Å². The number of carbonyl (C=O) groups excluding carboxylic acids is 1. The third-order valence-electron chi connectivity index (χ3n) is 3.60. The molecule has 1 aromatic carbocycles. The number of aliphatic hydroxyl groups is 1. The first-order valence-electron chi connectivity index (χ1n) is 6.80. The van der Waals surface area contributed by atoms with Gasteiger partial charge in [0.25, 0.3) is 0 Å². The number of thioether (sulfide) groups is 1. The number of benzene rings is 1. The van der Waals surface area contributed by atoms with Crippen LogP contribution >= 0.6 is 11.8 Å². The average Bonchev–Trinajstić information content (AvgIpc) is 2.46.